The summed E-state index contributed by atoms with van der Waals surface area (Å²) in [6.45, 7) is 14.1. The van der Waals surface area contributed by atoms with E-state index in [0.29, 0.717) is 5.54 Å². The van der Waals surface area contributed by atoms with Crippen LogP contribution in [0.2, 0.25) is 0 Å². The first-order valence-electron chi connectivity index (χ1n) is 6.48. The van der Waals surface area contributed by atoms with E-state index in [1.165, 1.54) is 13.0 Å². The molecule has 2 saturated heterocycles. The van der Waals surface area contributed by atoms with Gasteiger partial charge in [-0.15, -0.1) is 0 Å². The van der Waals surface area contributed by atoms with E-state index in [9.17, 15) is 0 Å². The van der Waals surface area contributed by atoms with Crippen LogP contribution in [0, 0.1) is 17.8 Å². The highest BCUT2D eigenvalue weighted by Gasteiger charge is 2.48. The third kappa shape index (κ3) is 2.36. The number of hydrogen-bond donors (Lipinski definition) is 1. The van der Waals surface area contributed by atoms with Gasteiger partial charge in [0.05, 0.1) is 6.61 Å². The van der Waals surface area contributed by atoms with Crippen molar-refractivity contribution in [1.29, 1.82) is 0 Å². The first kappa shape index (κ1) is 13.0. The second-order valence-corrected chi connectivity index (χ2v) is 5.04. The van der Waals surface area contributed by atoms with E-state index in [1.807, 2.05) is 13.8 Å². The summed E-state index contributed by atoms with van der Waals surface area (Å²) in [6.07, 6.45) is 1.21. The third-order valence-electron chi connectivity index (χ3n) is 4.11. The van der Waals surface area contributed by atoms with Crippen LogP contribution in [0.1, 0.15) is 41.0 Å². The van der Waals surface area contributed by atoms with Crippen LogP contribution in [0.5, 0.6) is 0 Å². The molecule has 2 heteroatoms. The van der Waals surface area contributed by atoms with Gasteiger partial charge in [0.1, 0.15) is 0 Å². The fourth-order valence-corrected chi connectivity index (χ4v) is 2.96. The first-order valence-corrected chi connectivity index (χ1v) is 6.48. The second kappa shape index (κ2) is 5.31. The Balaban J connectivity index is 0.000000531. The summed E-state index contributed by atoms with van der Waals surface area (Å²) in [5.74, 6) is 2.40. The summed E-state index contributed by atoms with van der Waals surface area (Å²) in [7, 11) is 0. The lowest BCUT2D eigenvalue weighted by Gasteiger charge is -2.30. The molecular weight excluding hydrogens is 186 g/mol. The molecular formula is C13H27NO. The fraction of sp³-hybridized carbons (Fsp3) is 1.00. The zero-order valence-corrected chi connectivity index (χ0v) is 11.0. The van der Waals surface area contributed by atoms with E-state index in [4.69, 9.17) is 4.74 Å². The van der Waals surface area contributed by atoms with Gasteiger partial charge >= 0.3 is 0 Å². The van der Waals surface area contributed by atoms with Crippen molar-refractivity contribution in [2.75, 3.05) is 19.8 Å². The van der Waals surface area contributed by atoms with Crippen molar-refractivity contribution in [3.63, 3.8) is 0 Å². The van der Waals surface area contributed by atoms with Gasteiger partial charge in [0, 0.05) is 12.1 Å². The molecule has 0 aromatic heterocycles. The molecule has 3 atom stereocenters. The lowest BCUT2D eigenvalue weighted by atomic mass is 9.77. The maximum atomic E-state index is 5.52. The minimum Gasteiger partial charge on any atom is -0.379 e. The fourth-order valence-electron chi connectivity index (χ4n) is 2.96. The van der Waals surface area contributed by atoms with Gasteiger partial charge < -0.3 is 10.1 Å². The maximum Gasteiger partial charge on any atom is 0.0651 e. The molecule has 2 rings (SSSR count). The molecule has 1 spiro atoms. The Hall–Kier alpha value is -0.0800. The van der Waals surface area contributed by atoms with Crippen LogP contribution in [0.3, 0.4) is 0 Å². The van der Waals surface area contributed by atoms with Gasteiger partial charge in [0.15, 0.2) is 0 Å². The van der Waals surface area contributed by atoms with E-state index in [2.05, 4.69) is 26.1 Å². The average molecular weight is 213 g/mol. The first-order chi connectivity index (χ1) is 7.16. The van der Waals surface area contributed by atoms with Crippen LogP contribution in [0.4, 0.5) is 0 Å². The van der Waals surface area contributed by atoms with Crippen LogP contribution in [0.25, 0.3) is 0 Å². The van der Waals surface area contributed by atoms with Crippen LogP contribution >= 0.6 is 0 Å². The van der Waals surface area contributed by atoms with Crippen molar-refractivity contribution in [1.82, 2.24) is 5.32 Å². The molecule has 2 aliphatic rings. The molecule has 2 nitrogen and oxygen atoms in total. The number of nitrogens with one attached hydrogen (secondary N) is 1. The molecule has 0 aromatic rings. The zero-order valence-electron chi connectivity index (χ0n) is 11.0. The minimum atomic E-state index is 0.328. The molecule has 2 fully saturated rings. The standard InChI is InChI=1S/C11H21NO.C2H6/c1-8(2)10-6-12-11(9(10)3)4-5-13-7-11;1-2/h8-10,12H,4-7H2,1-3H3;1-2H3. The SMILES string of the molecule is CC.CC(C)C1CNC2(CCOC2)C1C. The molecule has 0 radical (unpaired) electrons. The Morgan fingerprint density at radius 1 is 1.33 bits per heavy atom. The highest BCUT2D eigenvalue weighted by atomic mass is 16.5. The zero-order chi connectivity index (χ0) is 11.5. The molecule has 0 aliphatic carbocycles. The molecule has 3 unspecified atom stereocenters. The maximum absolute atomic E-state index is 5.52. The van der Waals surface area contributed by atoms with Crippen molar-refractivity contribution in [2.45, 2.75) is 46.6 Å². The Kier molecular flexibility index (Phi) is 4.60. The summed E-state index contributed by atoms with van der Waals surface area (Å²) in [5.41, 5.74) is 0.328. The predicted molar refractivity (Wildman–Crippen MR) is 65.0 cm³/mol. The molecule has 1 N–H and O–H groups in total. The molecule has 15 heavy (non-hydrogen) atoms. The van der Waals surface area contributed by atoms with Crippen molar-refractivity contribution >= 4 is 0 Å². The lowest BCUT2D eigenvalue weighted by Crippen LogP contribution is -2.44. The smallest absolute Gasteiger partial charge is 0.0651 e. The van der Waals surface area contributed by atoms with E-state index in [-0.39, 0.29) is 0 Å². The van der Waals surface area contributed by atoms with Gasteiger partial charge in [-0.2, -0.15) is 0 Å². The van der Waals surface area contributed by atoms with Gasteiger partial charge in [-0.3, -0.25) is 0 Å². The Bertz CT molecular complexity index is 185. The summed E-state index contributed by atoms with van der Waals surface area (Å²) < 4.78 is 5.52. The van der Waals surface area contributed by atoms with Gasteiger partial charge in [0.2, 0.25) is 0 Å². The van der Waals surface area contributed by atoms with E-state index < -0.39 is 0 Å². The van der Waals surface area contributed by atoms with Crippen LogP contribution in [-0.2, 0) is 4.74 Å². The number of rotatable bonds is 1. The average Bonchev–Trinajstić information content (AvgIpc) is 2.81. The Morgan fingerprint density at radius 2 is 2.00 bits per heavy atom. The lowest BCUT2D eigenvalue weighted by molar-refractivity contribution is 0.150. The van der Waals surface area contributed by atoms with Crippen molar-refractivity contribution in [2.24, 2.45) is 17.8 Å². The number of ether oxygens (including phenoxy) is 1. The molecule has 90 valence electrons. The number of hydrogen-bond acceptors (Lipinski definition) is 2. The Labute approximate surface area is 94.8 Å². The largest absolute Gasteiger partial charge is 0.379 e. The summed E-state index contributed by atoms with van der Waals surface area (Å²) >= 11 is 0. The third-order valence-corrected chi connectivity index (χ3v) is 4.11. The predicted octanol–water partition coefficient (Wildman–Crippen LogP) is 2.68. The molecule has 2 heterocycles. The van der Waals surface area contributed by atoms with E-state index >= 15 is 0 Å². The summed E-state index contributed by atoms with van der Waals surface area (Å²) in [4.78, 5) is 0. The molecule has 2 aliphatic heterocycles. The highest BCUT2D eigenvalue weighted by Crippen LogP contribution is 2.40. The molecule has 0 bridgehead atoms. The van der Waals surface area contributed by atoms with E-state index in [0.717, 1.165) is 31.0 Å². The van der Waals surface area contributed by atoms with Gasteiger partial charge in [-0.1, -0.05) is 34.6 Å². The normalized spacial score (nSPS) is 39.6. The quantitative estimate of drug-likeness (QED) is 0.723. The van der Waals surface area contributed by atoms with Gasteiger partial charge in [-0.25, -0.2) is 0 Å². The van der Waals surface area contributed by atoms with Crippen molar-refractivity contribution in [3.05, 3.63) is 0 Å². The highest BCUT2D eigenvalue weighted by molar-refractivity contribution is 5.04. The van der Waals surface area contributed by atoms with Crippen LogP contribution in [-0.4, -0.2) is 25.3 Å². The molecule has 0 saturated carbocycles. The second-order valence-electron chi connectivity index (χ2n) is 5.04. The van der Waals surface area contributed by atoms with Gasteiger partial charge in [0.25, 0.3) is 0 Å². The van der Waals surface area contributed by atoms with Crippen molar-refractivity contribution in [3.8, 4) is 0 Å². The molecule has 0 amide bonds. The Morgan fingerprint density at radius 3 is 2.40 bits per heavy atom. The van der Waals surface area contributed by atoms with Gasteiger partial charge in [-0.05, 0) is 30.7 Å². The topological polar surface area (TPSA) is 21.3 Å². The minimum absolute atomic E-state index is 0.328. The van der Waals surface area contributed by atoms with Crippen LogP contribution < -0.4 is 5.32 Å². The van der Waals surface area contributed by atoms with Crippen molar-refractivity contribution < 1.29 is 4.74 Å². The van der Waals surface area contributed by atoms with E-state index in [1.54, 1.807) is 0 Å². The molecule has 0 aromatic carbocycles. The summed E-state index contributed by atoms with van der Waals surface area (Å²) in [6, 6.07) is 0. The monoisotopic (exact) mass is 213 g/mol. The summed E-state index contributed by atoms with van der Waals surface area (Å²) in [5, 5.41) is 3.69. The van der Waals surface area contributed by atoms with Crippen LogP contribution in [0.15, 0.2) is 0 Å².